The standard InChI is InChI=1S/C32H26F5N3O2/c33-25-9-4-10-26(34)29(25)30(41)38-23-13-16-28-27(20-23)39-31(32(35,36)37)40(28)18-17-22-11-14-24(15-12-22)42-19-5-8-21-6-2-1-3-7-21/h1-4,6-7,9-16,20H,5,8,17-19H2,(H,38,41). The molecule has 1 aromatic heterocycles. The largest absolute Gasteiger partial charge is 0.494 e. The lowest BCUT2D eigenvalue weighted by Gasteiger charge is -2.12. The molecule has 1 N–H and O–H groups in total. The van der Waals surface area contributed by atoms with Crippen molar-refractivity contribution in [1.82, 2.24) is 9.55 Å². The third kappa shape index (κ3) is 6.76. The van der Waals surface area contributed by atoms with E-state index in [2.05, 4.69) is 22.4 Å². The molecule has 0 unspecified atom stereocenters. The van der Waals surface area contributed by atoms with Crippen molar-refractivity contribution in [3.05, 3.63) is 125 Å². The van der Waals surface area contributed by atoms with E-state index in [9.17, 15) is 26.7 Å². The van der Waals surface area contributed by atoms with Crippen LogP contribution in [0.3, 0.4) is 0 Å². The lowest BCUT2D eigenvalue weighted by molar-refractivity contribution is -0.146. The van der Waals surface area contributed by atoms with Crippen LogP contribution in [-0.4, -0.2) is 22.1 Å². The molecule has 0 bridgehead atoms. The Morgan fingerprint density at radius 2 is 1.52 bits per heavy atom. The van der Waals surface area contributed by atoms with E-state index in [-0.39, 0.29) is 23.3 Å². The second kappa shape index (κ2) is 12.4. The van der Waals surface area contributed by atoms with Crippen LogP contribution in [-0.2, 0) is 25.6 Å². The highest BCUT2D eigenvalue weighted by atomic mass is 19.4. The maximum atomic E-state index is 14.0. The molecule has 216 valence electrons. The molecule has 0 atom stereocenters. The molecule has 0 aliphatic heterocycles. The summed E-state index contributed by atoms with van der Waals surface area (Å²) in [6.45, 7) is 0.538. The third-order valence-corrected chi connectivity index (χ3v) is 6.72. The van der Waals surface area contributed by atoms with E-state index < -0.39 is 35.1 Å². The number of fused-ring (bicyclic) bond motifs is 1. The van der Waals surface area contributed by atoms with Gasteiger partial charge in [0.1, 0.15) is 22.9 Å². The van der Waals surface area contributed by atoms with Gasteiger partial charge in [-0.1, -0.05) is 48.5 Å². The number of nitrogens with one attached hydrogen (secondary N) is 1. The van der Waals surface area contributed by atoms with Crippen LogP contribution in [0.2, 0.25) is 0 Å². The van der Waals surface area contributed by atoms with Crippen LogP contribution in [0.25, 0.3) is 11.0 Å². The highest BCUT2D eigenvalue weighted by Crippen LogP contribution is 2.33. The number of aryl methyl sites for hydroxylation is 3. The van der Waals surface area contributed by atoms with Gasteiger partial charge in [0, 0.05) is 12.2 Å². The van der Waals surface area contributed by atoms with Gasteiger partial charge in [-0.25, -0.2) is 13.8 Å². The fourth-order valence-corrected chi connectivity index (χ4v) is 4.66. The van der Waals surface area contributed by atoms with E-state index >= 15 is 0 Å². The first-order valence-electron chi connectivity index (χ1n) is 13.3. The summed E-state index contributed by atoms with van der Waals surface area (Å²) in [7, 11) is 0. The average molecular weight is 580 g/mol. The van der Waals surface area contributed by atoms with Crippen molar-refractivity contribution in [3.63, 3.8) is 0 Å². The van der Waals surface area contributed by atoms with Crippen molar-refractivity contribution in [2.75, 3.05) is 11.9 Å². The summed E-state index contributed by atoms with van der Waals surface area (Å²) < 4.78 is 76.5. The second-order valence-corrected chi connectivity index (χ2v) is 9.67. The number of amides is 1. The van der Waals surface area contributed by atoms with Gasteiger partial charge in [0.25, 0.3) is 5.91 Å². The Kier molecular flexibility index (Phi) is 8.51. The Morgan fingerprint density at radius 1 is 0.833 bits per heavy atom. The summed E-state index contributed by atoms with van der Waals surface area (Å²) in [5.74, 6) is -3.58. The molecular formula is C32H26F5N3O2. The maximum Gasteiger partial charge on any atom is 0.449 e. The zero-order valence-electron chi connectivity index (χ0n) is 22.3. The Balaban J connectivity index is 1.25. The number of nitrogens with zero attached hydrogens (tertiary/aromatic N) is 2. The summed E-state index contributed by atoms with van der Waals surface area (Å²) in [4.78, 5) is 16.2. The van der Waals surface area contributed by atoms with Crippen molar-refractivity contribution in [2.24, 2.45) is 0 Å². The molecule has 5 rings (SSSR count). The highest BCUT2D eigenvalue weighted by Gasteiger charge is 2.37. The minimum atomic E-state index is -4.73. The zero-order valence-corrected chi connectivity index (χ0v) is 22.3. The zero-order chi connectivity index (χ0) is 29.7. The van der Waals surface area contributed by atoms with Crippen LogP contribution < -0.4 is 10.1 Å². The maximum absolute atomic E-state index is 14.0. The van der Waals surface area contributed by atoms with Crippen LogP contribution in [0, 0.1) is 11.6 Å². The molecule has 0 aliphatic carbocycles. The predicted octanol–water partition coefficient (Wildman–Crippen LogP) is 7.84. The summed E-state index contributed by atoms with van der Waals surface area (Å²) >= 11 is 0. The summed E-state index contributed by atoms with van der Waals surface area (Å²) in [5, 5.41) is 2.33. The summed E-state index contributed by atoms with van der Waals surface area (Å²) in [5.41, 5.74) is 1.50. The molecule has 1 amide bonds. The summed E-state index contributed by atoms with van der Waals surface area (Å²) in [6, 6.07) is 24.3. The van der Waals surface area contributed by atoms with Crippen LogP contribution in [0.5, 0.6) is 5.75 Å². The van der Waals surface area contributed by atoms with E-state index in [1.165, 1.54) is 23.8 Å². The highest BCUT2D eigenvalue weighted by molar-refractivity contribution is 6.05. The molecule has 1 heterocycles. The van der Waals surface area contributed by atoms with Crippen LogP contribution in [0.4, 0.5) is 27.6 Å². The number of rotatable bonds is 10. The number of imidazole rings is 1. The van der Waals surface area contributed by atoms with Crippen molar-refractivity contribution in [2.45, 2.75) is 32.0 Å². The fraction of sp³-hybridized carbons (Fsp3) is 0.188. The number of aromatic nitrogens is 2. The number of anilines is 1. The van der Waals surface area contributed by atoms with E-state index in [0.29, 0.717) is 18.8 Å². The van der Waals surface area contributed by atoms with E-state index in [0.717, 1.165) is 41.2 Å². The molecule has 0 saturated carbocycles. The Labute approximate surface area is 238 Å². The molecule has 4 aromatic carbocycles. The van der Waals surface area contributed by atoms with Gasteiger partial charge in [0.2, 0.25) is 5.82 Å². The molecule has 0 aliphatic rings. The first kappa shape index (κ1) is 28.8. The normalized spacial score (nSPS) is 11.5. The quantitative estimate of drug-likeness (QED) is 0.136. The van der Waals surface area contributed by atoms with Crippen molar-refractivity contribution >= 4 is 22.6 Å². The van der Waals surface area contributed by atoms with Crippen molar-refractivity contribution in [3.8, 4) is 5.75 Å². The minimum Gasteiger partial charge on any atom is -0.494 e. The third-order valence-electron chi connectivity index (χ3n) is 6.72. The average Bonchev–Trinajstić information content (AvgIpc) is 3.34. The van der Waals surface area contributed by atoms with Gasteiger partial charge in [-0.2, -0.15) is 13.2 Å². The first-order chi connectivity index (χ1) is 20.2. The van der Waals surface area contributed by atoms with Crippen LogP contribution >= 0.6 is 0 Å². The Hall–Kier alpha value is -4.73. The molecule has 5 aromatic rings. The molecule has 0 fully saturated rings. The number of benzene rings is 4. The Bertz CT molecular complexity index is 1660. The number of carbonyl (C=O) groups is 1. The molecule has 10 heteroatoms. The van der Waals surface area contributed by atoms with E-state index in [4.69, 9.17) is 4.74 Å². The number of alkyl halides is 3. The molecule has 0 saturated heterocycles. The number of carbonyl (C=O) groups excluding carboxylic acids is 1. The van der Waals surface area contributed by atoms with Gasteiger partial charge in [-0.3, -0.25) is 4.79 Å². The van der Waals surface area contributed by atoms with E-state index in [1.807, 2.05) is 30.3 Å². The van der Waals surface area contributed by atoms with Gasteiger partial charge in [-0.15, -0.1) is 0 Å². The summed E-state index contributed by atoms with van der Waals surface area (Å²) in [6.07, 6.45) is -2.67. The van der Waals surface area contributed by atoms with Crippen molar-refractivity contribution in [1.29, 1.82) is 0 Å². The lowest BCUT2D eigenvalue weighted by Crippen LogP contribution is -2.16. The molecule has 5 nitrogen and oxygen atoms in total. The topological polar surface area (TPSA) is 56.2 Å². The molecule has 0 radical (unpaired) electrons. The smallest absolute Gasteiger partial charge is 0.449 e. The van der Waals surface area contributed by atoms with Gasteiger partial charge < -0.3 is 14.6 Å². The number of halogens is 5. The molecule has 0 spiro atoms. The first-order valence-corrected chi connectivity index (χ1v) is 13.3. The fourth-order valence-electron chi connectivity index (χ4n) is 4.66. The minimum absolute atomic E-state index is 0.00519. The van der Waals surface area contributed by atoms with Crippen molar-refractivity contribution < 1.29 is 31.5 Å². The lowest BCUT2D eigenvalue weighted by atomic mass is 10.1. The van der Waals surface area contributed by atoms with Gasteiger partial charge in [0.05, 0.1) is 17.6 Å². The van der Waals surface area contributed by atoms with Gasteiger partial charge in [-0.05, 0) is 72.9 Å². The van der Waals surface area contributed by atoms with Crippen LogP contribution in [0.15, 0.2) is 91.0 Å². The van der Waals surface area contributed by atoms with Gasteiger partial charge in [0.15, 0.2) is 0 Å². The number of ether oxygens (including phenoxy) is 1. The van der Waals surface area contributed by atoms with Gasteiger partial charge >= 0.3 is 6.18 Å². The second-order valence-electron chi connectivity index (χ2n) is 9.67. The van der Waals surface area contributed by atoms with E-state index in [1.54, 1.807) is 12.1 Å². The predicted molar refractivity (Wildman–Crippen MR) is 149 cm³/mol. The monoisotopic (exact) mass is 579 g/mol. The number of hydrogen-bond acceptors (Lipinski definition) is 3. The number of hydrogen-bond donors (Lipinski definition) is 1. The molecular weight excluding hydrogens is 553 g/mol. The SMILES string of the molecule is O=C(Nc1ccc2c(c1)nc(C(F)(F)F)n2CCc1ccc(OCCCc2ccccc2)cc1)c1c(F)cccc1F. The molecule has 42 heavy (non-hydrogen) atoms. The Morgan fingerprint density at radius 3 is 2.21 bits per heavy atom. The van der Waals surface area contributed by atoms with Crippen LogP contribution in [0.1, 0.15) is 33.7 Å².